The number of benzene rings is 1. The number of hydrogen-bond donors (Lipinski definition) is 1. The lowest BCUT2D eigenvalue weighted by Crippen LogP contribution is -2.36. The second-order valence-corrected chi connectivity index (χ2v) is 7.96. The van der Waals surface area contributed by atoms with Crippen molar-refractivity contribution in [3.8, 4) is 0 Å². The Labute approximate surface area is 154 Å². The largest absolute Gasteiger partial charge is 0.370 e. The Morgan fingerprint density at radius 2 is 1.40 bits per heavy atom. The van der Waals surface area contributed by atoms with Crippen LogP contribution in [0.1, 0.15) is 95.0 Å². The van der Waals surface area contributed by atoms with Gasteiger partial charge in [-0.1, -0.05) is 81.7 Å². The first-order valence-corrected chi connectivity index (χ1v) is 10.8. The van der Waals surface area contributed by atoms with Crippen LogP contribution in [-0.2, 0) is 0 Å². The molecule has 1 aliphatic heterocycles. The van der Waals surface area contributed by atoms with Crippen LogP contribution < -0.4 is 5.32 Å². The predicted octanol–water partition coefficient (Wildman–Crippen LogP) is 6.23. The molecule has 138 valence electrons. The zero-order valence-corrected chi connectivity index (χ0v) is 15.9. The Bertz CT molecular complexity index is 508. The molecule has 1 aliphatic carbocycles. The summed E-state index contributed by atoms with van der Waals surface area (Å²) in [6, 6.07) is 11.7. The minimum atomic E-state index is 0.580. The first-order valence-electron chi connectivity index (χ1n) is 10.8. The standard InChI is InChI=1S/C23H36N2/c1-2-4-6-11-18-23(24-19-12-7-5-3-1)25-22-17-13-16-21(22)20-14-9-8-10-15-20/h8-10,14-15,21-22H,1-7,11-13,16-19H2,(H,24,25)/t21?,22-/m0/s1. The van der Waals surface area contributed by atoms with Crippen molar-refractivity contribution in [3.05, 3.63) is 35.9 Å². The molecule has 3 rings (SSSR count). The topological polar surface area (TPSA) is 24.4 Å². The van der Waals surface area contributed by atoms with E-state index in [0.717, 1.165) is 13.0 Å². The van der Waals surface area contributed by atoms with Crippen LogP contribution in [0.25, 0.3) is 0 Å². The summed E-state index contributed by atoms with van der Waals surface area (Å²) in [5.74, 6) is 1.96. The summed E-state index contributed by atoms with van der Waals surface area (Å²) >= 11 is 0. The van der Waals surface area contributed by atoms with Gasteiger partial charge in [0, 0.05) is 24.9 Å². The monoisotopic (exact) mass is 340 g/mol. The molecule has 2 heteroatoms. The highest BCUT2D eigenvalue weighted by molar-refractivity contribution is 5.82. The lowest BCUT2D eigenvalue weighted by molar-refractivity contribution is 0.547. The molecule has 1 N–H and O–H groups in total. The zero-order chi connectivity index (χ0) is 17.2. The highest BCUT2D eigenvalue weighted by atomic mass is 15.0. The fraction of sp³-hybridized carbons (Fsp3) is 0.696. The number of rotatable bonds is 2. The number of nitrogens with one attached hydrogen (secondary N) is 1. The van der Waals surface area contributed by atoms with Gasteiger partial charge in [0.1, 0.15) is 0 Å². The highest BCUT2D eigenvalue weighted by Crippen LogP contribution is 2.34. The molecular weight excluding hydrogens is 304 g/mol. The van der Waals surface area contributed by atoms with Crippen molar-refractivity contribution < 1.29 is 0 Å². The summed E-state index contributed by atoms with van der Waals surface area (Å²) in [5, 5.41) is 3.88. The van der Waals surface area contributed by atoms with Gasteiger partial charge in [-0.15, -0.1) is 0 Å². The van der Waals surface area contributed by atoms with E-state index in [4.69, 9.17) is 4.99 Å². The van der Waals surface area contributed by atoms with Crippen LogP contribution >= 0.6 is 0 Å². The molecule has 0 saturated heterocycles. The Hall–Kier alpha value is -1.31. The van der Waals surface area contributed by atoms with Crippen LogP contribution in [0.3, 0.4) is 0 Å². The summed E-state index contributed by atoms with van der Waals surface area (Å²) in [7, 11) is 0. The molecule has 1 heterocycles. The molecule has 0 aromatic heterocycles. The Morgan fingerprint density at radius 3 is 2.16 bits per heavy atom. The Morgan fingerprint density at radius 1 is 0.720 bits per heavy atom. The molecule has 1 aromatic carbocycles. The van der Waals surface area contributed by atoms with Crippen molar-refractivity contribution in [2.45, 2.75) is 95.4 Å². The van der Waals surface area contributed by atoms with E-state index in [1.54, 1.807) is 0 Å². The van der Waals surface area contributed by atoms with Crippen LogP contribution in [0.15, 0.2) is 35.3 Å². The van der Waals surface area contributed by atoms with Gasteiger partial charge in [-0.2, -0.15) is 0 Å². The maximum atomic E-state index is 4.98. The third-order valence-electron chi connectivity index (χ3n) is 5.97. The normalized spacial score (nSPS) is 26.8. The molecule has 1 aromatic rings. The maximum Gasteiger partial charge on any atom is 0.0965 e. The summed E-state index contributed by atoms with van der Waals surface area (Å²) in [6.45, 7) is 1.02. The molecular formula is C23H36N2. The summed E-state index contributed by atoms with van der Waals surface area (Å²) in [4.78, 5) is 4.98. The van der Waals surface area contributed by atoms with Crippen molar-refractivity contribution in [2.75, 3.05) is 6.54 Å². The summed E-state index contributed by atoms with van der Waals surface area (Å²) in [5.41, 5.74) is 1.50. The number of aliphatic imine (C=N–C) groups is 1. The second kappa shape index (κ2) is 10.6. The molecule has 0 bridgehead atoms. The van der Waals surface area contributed by atoms with E-state index in [2.05, 4.69) is 35.6 Å². The van der Waals surface area contributed by atoms with Gasteiger partial charge in [-0.3, -0.25) is 4.99 Å². The zero-order valence-electron chi connectivity index (χ0n) is 15.9. The van der Waals surface area contributed by atoms with Crippen LogP contribution in [0.4, 0.5) is 0 Å². The minimum Gasteiger partial charge on any atom is -0.370 e. The molecule has 2 aliphatic rings. The van der Waals surface area contributed by atoms with Crippen LogP contribution in [-0.4, -0.2) is 18.4 Å². The van der Waals surface area contributed by atoms with E-state index in [0.29, 0.717) is 12.0 Å². The van der Waals surface area contributed by atoms with E-state index in [-0.39, 0.29) is 0 Å². The van der Waals surface area contributed by atoms with E-state index < -0.39 is 0 Å². The fourth-order valence-corrected chi connectivity index (χ4v) is 4.50. The van der Waals surface area contributed by atoms with E-state index in [9.17, 15) is 0 Å². The fourth-order valence-electron chi connectivity index (χ4n) is 4.50. The van der Waals surface area contributed by atoms with Crippen LogP contribution in [0.5, 0.6) is 0 Å². The van der Waals surface area contributed by atoms with E-state index in [1.165, 1.54) is 88.4 Å². The van der Waals surface area contributed by atoms with Gasteiger partial charge >= 0.3 is 0 Å². The van der Waals surface area contributed by atoms with Gasteiger partial charge in [-0.25, -0.2) is 0 Å². The van der Waals surface area contributed by atoms with Gasteiger partial charge in [0.25, 0.3) is 0 Å². The average molecular weight is 341 g/mol. The third kappa shape index (κ3) is 6.17. The minimum absolute atomic E-state index is 0.580. The molecule has 0 radical (unpaired) electrons. The van der Waals surface area contributed by atoms with Gasteiger partial charge in [0.05, 0.1) is 5.84 Å². The van der Waals surface area contributed by atoms with Crippen molar-refractivity contribution in [1.82, 2.24) is 5.32 Å². The van der Waals surface area contributed by atoms with Crippen molar-refractivity contribution >= 4 is 5.84 Å². The third-order valence-corrected chi connectivity index (χ3v) is 5.97. The van der Waals surface area contributed by atoms with E-state index in [1.807, 2.05) is 0 Å². The lowest BCUT2D eigenvalue weighted by Gasteiger charge is -2.23. The average Bonchev–Trinajstić information content (AvgIpc) is 3.11. The highest BCUT2D eigenvalue weighted by Gasteiger charge is 2.28. The maximum absolute atomic E-state index is 4.98. The SMILES string of the molecule is c1ccc(C2CCC[C@@H]2NC2=NCCCCCCCCCCC2)cc1. The summed E-state index contributed by atoms with van der Waals surface area (Å²) < 4.78 is 0. The van der Waals surface area contributed by atoms with Gasteiger partial charge in [0.15, 0.2) is 0 Å². The molecule has 2 atom stereocenters. The van der Waals surface area contributed by atoms with Crippen molar-refractivity contribution in [3.63, 3.8) is 0 Å². The summed E-state index contributed by atoms with van der Waals surface area (Å²) in [6.07, 6.45) is 17.5. The molecule has 1 saturated carbocycles. The molecule has 1 unspecified atom stereocenters. The van der Waals surface area contributed by atoms with Crippen molar-refractivity contribution in [2.24, 2.45) is 4.99 Å². The van der Waals surface area contributed by atoms with Gasteiger partial charge < -0.3 is 5.32 Å². The van der Waals surface area contributed by atoms with Gasteiger partial charge in [0.2, 0.25) is 0 Å². The molecule has 0 spiro atoms. The number of amidine groups is 1. The molecule has 25 heavy (non-hydrogen) atoms. The predicted molar refractivity (Wildman–Crippen MR) is 108 cm³/mol. The first kappa shape index (κ1) is 18.5. The van der Waals surface area contributed by atoms with Crippen LogP contribution in [0.2, 0.25) is 0 Å². The Balaban J connectivity index is 1.59. The number of nitrogens with zero attached hydrogens (tertiary/aromatic N) is 1. The first-order chi connectivity index (χ1) is 12.4. The molecule has 2 nitrogen and oxygen atoms in total. The van der Waals surface area contributed by atoms with Crippen LogP contribution in [0, 0.1) is 0 Å². The second-order valence-electron chi connectivity index (χ2n) is 7.96. The van der Waals surface area contributed by atoms with Gasteiger partial charge in [-0.05, 0) is 31.2 Å². The smallest absolute Gasteiger partial charge is 0.0965 e. The van der Waals surface area contributed by atoms with E-state index >= 15 is 0 Å². The lowest BCUT2D eigenvalue weighted by atomic mass is 9.94. The molecule has 1 fully saturated rings. The van der Waals surface area contributed by atoms with Crippen molar-refractivity contribution in [1.29, 1.82) is 0 Å². The number of hydrogen-bond acceptors (Lipinski definition) is 2. The quantitative estimate of drug-likeness (QED) is 0.678. The Kier molecular flexibility index (Phi) is 7.86. The molecule has 0 amide bonds.